The molecule has 4 aromatic rings. The maximum atomic E-state index is 12.0. The Morgan fingerprint density at radius 2 is 1.97 bits per heavy atom. The summed E-state index contributed by atoms with van der Waals surface area (Å²) in [6.07, 6.45) is 2.48. The molecule has 2 N–H and O–H groups in total. The number of benzene rings is 1. The molecule has 8 heteroatoms. The zero-order chi connectivity index (χ0) is 22.7. The number of para-hydroxylation sites is 1. The van der Waals surface area contributed by atoms with E-state index in [0.29, 0.717) is 18.0 Å². The molecule has 164 valence electrons. The third-order valence-corrected chi connectivity index (χ3v) is 6.28. The molecular formula is C24H24N4O3S. The van der Waals surface area contributed by atoms with Crippen LogP contribution in [0.4, 0.5) is 0 Å². The first-order chi connectivity index (χ1) is 15.5. The number of hydrogen-bond donors (Lipinski definition) is 1. The Kier molecular flexibility index (Phi) is 6.23. The molecule has 0 bridgehead atoms. The highest BCUT2D eigenvalue weighted by molar-refractivity contribution is 7.13. The van der Waals surface area contributed by atoms with E-state index in [1.54, 1.807) is 20.4 Å². The first-order valence-corrected chi connectivity index (χ1v) is 11.0. The number of pyridine rings is 1. The van der Waals surface area contributed by atoms with Crippen molar-refractivity contribution in [1.29, 1.82) is 0 Å². The predicted molar refractivity (Wildman–Crippen MR) is 125 cm³/mol. The number of methoxy groups -OCH3 is 2. The first kappa shape index (κ1) is 21.6. The van der Waals surface area contributed by atoms with Gasteiger partial charge in [-0.05, 0) is 37.1 Å². The van der Waals surface area contributed by atoms with Crippen LogP contribution in [0.2, 0.25) is 0 Å². The van der Waals surface area contributed by atoms with Gasteiger partial charge in [-0.3, -0.25) is 4.79 Å². The number of rotatable bonds is 8. The van der Waals surface area contributed by atoms with Crippen molar-refractivity contribution < 1.29 is 14.3 Å². The number of aromatic nitrogens is 3. The van der Waals surface area contributed by atoms with Gasteiger partial charge in [0.2, 0.25) is 5.88 Å². The number of primary amides is 1. The molecule has 1 aromatic carbocycles. The minimum Gasteiger partial charge on any atom is -0.496 e. The van der Waals surface area contributed by atoms with Gasteiger partial charge in [0.1, 0.15) is 10.8 Å². The third-order valence-electron chi connectivity index (χ3n) is 5.39. The average Bonchev–Trinajstić information content (AvgIpc) is 3.43. The van der Waals surface area contributed by atoms with E-state index >= 15 is 0 Å². The van der Waals surface area contributed by atoms with Gasteiger partial charge in [-0.1, -0.05) is 18.2 Å². The SMILES string of the molecule is COc1ccc(-c2nc(-c3cc(C(N)=O)c(C)n3CCc3ccccc3OC)cs2)cn1. The molecule has 0 spiro atoms. The standard InChI is InChI=1S/C24H24N4O3S/c1-15-18(23(25)29)12-20(28(15)11-10-16-6-4-5-7-21(16)30-2)19-14-32-24(27-19)17-8-9-22(31-3)26-13-17/h4-9,12-14H,10-11H2,1-3H3,(H2,25,29). The summed E-state index contributed by atoms with van der Waals surface area (Å²) in [5.74, 6) is 0.948. The molecule has 0 saturated heterocycles. The summed E-state index contributed by atoms with van der Waals surface area (Å²) < 4.78 is 12.7. The van der Waals surface area contributed by atoms with Gasteiger partial charge < -0.3 is 19.8 Å². The van der Waals surface area contributed by atoms with E-state index in [1.807, 2.05) is 54.8 Å². The Morgan fingerprint density at radius 3 is 2.66 bits per heavy atom. The van der Waals surface area contributed by atoms with E-state index in [-0.39, 0.29) is 0 Å². The highest BCUT2D eigenvalue weighted by Gasteiger charge is 2.19. The van der Waals surface area contributed by atoms with Crippen molar-refractivity contribution >= 4 is 17.2 Å². The van der Waals surface area contributed by atoms with Crippen LogP contribution in [0.25, 0.3) is 22.0 Å². The molecule has 7 nitrogen and oxygen atoms in total. The van der Waals surface area contributed by atoms with Crippen molar-refractivity contribution in [3.05, 3.63) is 70.9 Å². The van der Waals surface area contributed by atoms with Crippen LogP contribution in [0.1, 0.15) is 21.6 Å². The minimum atomic E-state index is -0.449. The van der Waals surface area contributed by atoms with Crippen LogP contribution in [0.15, 0.2) is 54.0 Å². The molecular weight excluding hydrogens is 424 g/mol. The molecule has 4 rings (SSSR count). The van der Waals surface area contributed by atoms with Gasteiger partial charge in [0.25, 0.3) is 5.91 Å². The van der Waals surface area contributed by atoms with Gasteiger partial charge in [-0.15, -0.1) is 11.3 Å². The topological polar surface area (TPSA) is 92.3 Å². The van der Waals surface area contributed by atoms with Gasteiger partial charge in [-0.2, -0.15) is 0 Å². The molecule has 3 heterocycles. The fraction of sp³-hybridized carbons (Fsp3) is 0.208. The summed E-state index contributed by atoms with van der Waals surface area (Å²) in [4.78, 5) is 21.1. The quantitative estimate of drug-likeness (QED) is 0.433. The van der Waals surface area contributed by atoms with Crippen LogP contribution in [-0.4, -0.2) is 34.7 Å². The van der Waals surface area contributed by atoms with Crippen molar-refractivity contribution in [3.8, 4) is 33.6 Å². The Morgan fingerprint density at radius 1 is 1.16 bits per heavy atom. The highest BCUT2D eigenvalue weighted by Crippen LogP contribution is 2.32. The van der Waals surface area contributed by atoms with E-state index < -0.39 is 5.91 Å². The summed E-state index contributed by atoms with van der Waals surface area (Å²) in [6.45, 7) is 2.57. The minimum absolute atomic E-state index is 0.449. The molecule has 1 amide bonds. The summed E-state index contributed by atoms with van der Waals surface area (Å²) >= 11 is 1.52. The number of ether oxygens (including phenoxy) is 2. The van der Waals surface area contributed by atoms with Crippen LogP contribution in [0.3, 0.4) is 0 Å². The van der Waals surface area contributed by atoms with E-state index in [9.17, 15) is 4.79 Å². The Bertz CT molecular complexity index is 1240. The fourth-order valence-corrected chi connectivity index (χ4v) is 4.49. The van der Waals surface area contributed by atoms with Gasteiger partial charge in [-0.25, -0.2) is 9.97 Å². The lowest BCUT2D eigenvalue weighted by molar-refractivity contribution is 0.0999. The molecule has 32 heavy (non-hydrogen) atoms. The fourth-order valence-electron chi connectivity index (χ4n) is 3.69. The van der Waals surface area contributed by atoms with E-state index in [2.05, 4.69) is 9.55 Å². The van der Waals surface area contributed by atoms with Crippen LogP contribution in [0.5, 0.6) is 11.6 Å². The smallest absolute Gasteiger partial charge is 0.250 e. The molecule has 0 aliphatic rings. The second kappa shape index (κ2) is 9.23. The Labute approximate surface area is 190 Å². The number of thiazole rings is 1. The second-order valence-electron chi connectivity index (χ2n) is 7.23. The lowest BCUT2D eigenvalue weighted by Gasteiger charge is -2.13. The zero-order valence-electron chi connectivity index (χ0n) is 18.2. The van der Waals surface area contributed by atoms with Gasteiger partial charge in [0.15, 0.2) is 0 Å². The molecule has 0 saturated carbocycles. The zero-order valence-corrected chi connectivity index (χ0v) is 19.0. The van der Waals surface area contributed by atoms with Crippen molar-refractivity contribution in [1.82, 2.24) is 14.5 Å². The predicted octanol–water partition coefficient (Wildman–Crippen LogP) is 4.34. The van der Waals surface area contributed by atoms with E-state index in [0.717, 1.165) is 45.4 Å². The van der Waals surface area contributed by atoms with Crippen LogP contribution in [-0.2, 0) is 13.0 Å². The number of amides is 1. The summed E-state index contributed by atoms with van der Waals surface area (Å²) in [7, 11) is 3.25. The van der Waals surface area contributed by atoms with E-state index in [1.165, 1.54) is 11.3 Å². The van der Waals surface area contributed by atoms with Crippen LogP contribution >= 0.6 is 11.3 Å². The molecule has 0 aliphatic carbocycles. The van der Waals surface area contributed by atoms with Crippen molar-refractivity contribution in [2.75, 3.05) is 14.2 Å². The molecule has 0 radical (unpaired) electrons. The normalized spacial score (nSPS) is 10.8. The Hall–Kier alpha value is -3.65. The Balaban J connectivity index is 1.68. The second-order valence-corrected chi connectivity index (χ2v) is 8.09. The first-order valence-electron chi connectivity index (χ1n) is 10.1. The summed E-state index contributed by atoms with van der Waals surface area (Å²) in [6, 6.07) is 13.5. The summed E-state index contributed by atoms with van der Waals surface area (Å²) in [5, 5.41) is 2.82. The monoisotopic (exact) mass is 448 g/mol. The summed E-state index contributed by atoms with van der Waals surface area (Å²) in [5.41, 5.74) is 10.6. The molecule has 0 fully saturated rings. The lowest BCUT2D eigenvalue weighted by atomic mass is 10.1. The van der Waals surface area contributed by atoms with Gasteiger partial charge in [0, 0.05) is 35.4 Å². The molecule has 0 aliphatic heterocycles. The highest BCUT2D eigenvalue weighted by atomic mass is 32.1. The molecule has 0 unspecified atom stereocenters. The number of aryl methyl sites for hydroxylation is 1. The maximum absolute atomic E-state index is 12.0. The van der Waals surface area contributed by atoms with Crippen LogP contribution < -0.4 is 15.2 Å². The number of carbonyl (C=O) groups excluding carboxylic acids is 1. The molecule has 0 atom stereocenters. The average molecular weight is 449 g/mol. The van der Waals surface area contributed by atoms with Crippen LogP contribution in [0, 0.1) is 6.92 Å². The van der Waals surface area contributed by atoms with E-state index in [4.69, 9.17) is 20.2 Å². The molecule has 3 aromatic heterocycles. The van der Waals surface area contributed by atoms with Crippen molar-refractivity contribution in [3.63, 3.8) is 0 Å². The largest absolute Gasteiger partial charge is 0.496 e. The number of nitrogens with two attached hydrogens (primary N) is 1. The number of hydrogen-bond acceptors (Lipinski definition) is 6. The van der Waals surface area contributed by atoms with Crippen molar-refractivity contribution in [2.45, 2.75) is 19.9 Å². The maximum Gasteiger partial charge on any atom is 0.250 e. The van der Waals surface area contributed by atoms with Crippen molar-refractivity contribution in [2.24, 2.45) is 5.73 Å². The lowest BCUT2D eigenvalue weighted by Crippen LogP contribution is -2.13. The third kappa shape index (κ3) is 4.22. The number of carbonyl (C=O) groups is 1. The van der Waals surface area contributed by atoms with Gasteiger partial charge in [0.05, 0.1) is 31.2 Å². The number of nitrogens with zero attached hydrogens (tertiary/aromatic N) is 3. The van der Waals surface area contributed by atoms with Gasteiger partial charge >= 0.3 is 0 Å².